The second kappa shape index (κ2) is 5.98. The number of benzene rings is 1. The van der Waals surface area contributed by atoms with Gasteiger partial charge in [0.15, 0.2) is 0 Å². The molecular weight excluding hydrogens is 228 g/mol. The molecule has 18 heavy (non-hydrogen) atoms. The number of carbonyl (C=O) groups is 1. The predicted molar refractivity (Wildman–Crippen MR) is 71.7 cm³/mol. The van der Waals surface area contributed by atoms with Gasteiger partial charge in [-0.2, -0.15) is 0 Å². The Morgan fingerprint density at radius 2 is 2.22 bits per heavy atom. The summed E-state index contributed by atoms with van der Waals surface area (Å²) in [5.41, 5.74) is 3.23. The number of hydrogen-bond acceptors (Lipinski definition) is 3. The first-order valence-corrected chi connectivity index (χ1v) is 6.51. The van der Waals surface area contributed by atoms with Crippen LogP contribution in [0.2, 0.25) is 0 Å². The van der Waals surface area contributed by atoms with Crippen LogP contribution in [0, 0.1) is 0 Å². The number of rotatable bonds is 6. The minimum absolute atomic E-state index is 0.0229. The number of anilines is 1. The van der Waals surface area contributed by atoms with E-state index in [9.17, 15) is 4.79 Å². The SMILES string of the molecule is CCOCCNC1C(=O)Nc2ccc(CC)cc21. The van der Waals surface area contributed by atoms with Crippen molar-refractivity contribution >= 4 is 11.6 Å². The Morgan fingerprint density at radius 1 is 1.39 bits per heavy atom. The average Bonchev–Trinajstić information content (AvgIpc) is 2.70. The van der Waals surface area contributed by atoms with E-state index < -0.39 is 0 Å². The summed E-state index contributed by atoms with van der Waals surface area (Å²) in [5, 5.41) is 6.13. The third-order valence-corrected chi connectivity index (χ3v) is 3.15. The van der Waals surface area contributed by atoms with E-state index >= 15 is 0 Å². The Morgan fingerprint density at radius 3 is 2.94 bits per heavy atom. The number of fused-ring (bicyclic) bond motifs is 1. The van der Waals surface area contributed by atoms with Crippen molar-refractivity contribution in [2.45, 2.75) is 26.3 Å². The summed E-state index contributed by atoms with van der Waals surface area (Å²) in [7, 11) is 0. The summed E-state index contributed by atoms with van der Waals surface area (Å²) in [6.45, 7) is 6.09. The molecule has 1 aromatic carbocycles. The van der Waals surface area contributed by atoms with Crippen LogP contribution in [0.3, 0.4) is 0 Å². The van der Waals surface area contributed by atoms with Gasteiger partial charge in [-0.25, -0.2) is 0 Å². The second-order valence-corrected chi connectivity index (χ2v) is 4.35. The van der Waals surface area contributed by atoms with Crippen LogP contribution in [0.1, 0.15) is 31.0 Å². The fraction of sp³-hybridized carbons (Fsp3) is 0.500. The Hall–Kier alpha value is -1.39. The Kier molecular flexibility index (Phi) is 4.33. The zero-order valence-electron chi connectivity index (χ0n) is 11.0. The molecule has 0 bridgehead atoms. The molecule has 0 aromatic heterocycles. The van der Waals surface area contributed by atoms with Gasteiger partial charge in [0.25, 0.3) is 0 Å². The highest BCUT2D eigenvalue weighted by Gasteiger charge is 2.29. The molecule has 1 aromatic rings. The molecule has 0 saturated heterocycles. The van der Waals surface area contributed by atoms with E-state index in [-0.39, 0.29) is 11.9 Å². The molecule has 4 heteroatoms. The van der Waals surface area contributed by atoms with Crippen LogP contribution in [0.4, 0.5) is 5.69 Å². The molecule has 2 rings (SSSR count). The minimum Gasteiger partial charge on any atom is -0.380 e. The lowest BCUT2D eigenvalue weighted by atomic mass is 10.0. The van der Waals surface area contributed by atoms with Gasteiger partial charge >= 0.3 is 0 Å². The van der Waals surface area contributed by atoms with Gasteiger partial charge in [-0.3, -0.25) is 10.1 Å². The fourth-order valence-electron chi connectivity index (χ4n) is 2.15. The Balaban J connectivity index is 2.06. The second-order valence-electron chi connectivity index (χ2n) is 4.35. The lowest BCUT2D eigenvalue weighted by Gasteiger charge is -2.12. The zero-order valence-corrected chi connectivity index (χ0v) is 11.0. The Bertz CT molecular complexity index is 432. The highest BCUT2D eigenvalue weighted by Crippen LogP contribution is 2.31. The largest absolute Gasteiger partial charge is 0.380 e. The van der Waals surface area contributed by atoms with Crippen LogP contribution in [-0.4, -0.2) is 25.7 Å². The highest BCUT2D eigenvalue weighted by atomic mass is 16.5. The molecular formula is C14H20N2O2. The van der Waals surface area contributed by atoms with E-state index in [2.05, 4.69) is 29.7 Å². The van der Waals surface area contributed by atoms with Crippen LogP contribution in [0.25, 0.3) is 0 Å². The van der Waals surface area contributed by atoms with Crippen LogP contribution in [0.15, 0.2) is 18.2 Å². The van der Waals surface area contributed by atoms with Crippen molar-refractivity contribution < 1.29 is 9.53 Å². The normalized spacial score (nSPS) is 17.7. The monoisotopic (exact) mass is 248 g/mol. The molecule has 1 unspecified atom stereocenters. The van der Waals surface area contributed by atoms with E-state index in [0.29, 0.717) is 19.8 Å². The maximum atomic E-state index is 11.9. The van der Waals surface area contributed by atoms with E-state index in [0.717, 1.165) is 17.7 Å². The van der Waals surface area contributed by atoms with Gasteiger partial charge in [0.2, 0.25) is 5.91 Å². The van der Waals surface area contributed by atoms with Crippen molar-refractivity contribution in [1.82, 2.24) is 5.32 Å². The molecule has 0 fully saturated rings. The van der Waals surface area contributed by atoms with E-state index in [1.54, 1.807) is 0 Å². The van der Waals surface area contributed by atoms with E-state index in [1.165, 1.54) is 5.56 Å². The van der Waals surface area contributed by atoms with Crippen molar-refractivity contribution in [1.29, 1.82) is 0 Å². The Labute approximate surface area is 108 Å². The van der Waals surface area contributed by atoms with Crippen molar-refractivity contribution in [3.63, 3.8) is 0 Å². The average molecular weight is 248 g/mol. The van der Waals surface area contributed by atoms with Gasteiger partial charge in [0.1, 0.15) is 6.04 Å². The molecule has 2 N–H and O–H groups in total. The number of ether oxygens (including phenoxy) is 1. The number of aryl methyl sites for hydroxylation is 1. The molecule has 1 amide bonds. The summed E-state index contributed by atoms with van der Waals surface area (Å²) in [6.07, 6.45) is 0.979. The molecule has 0 saturated carbocycles. The van der Waals surface area contributed by atoms with E-state index in [1.807, 2.05) is 13.0 Å². The molecule has 0 spiro atoms. The van der Waals surface area contributed by atoms with Crippen molar-refractivity contribution in [3.8, 4) is 0 Å². The molecule has 0 aliphatic carbocycles. The standard InChI is InChI=1S/C14H20N2O2/c1-3-10-5-6-12-11(9-10)13(14(17)16-12)15-7-8-18-4-2/h5-6,9,13,15H,3-4,7-8H2,1-2H3,(H,16,17). The van der Waals surface area contributed by atoms with Crippen LogP contribution >= 0.6 is 0 Å². The zero-order chi connectivity index (χ0) is 13.0. The molecule has 4 nitrogen and oxygen atoms in total. The van der Waals surface area contributed by atoms with Crippen molar-refractivity contribution in [3.05, 3.63) is 29.3 Å². The maximum Gasteiger partial charge on any atom is 0.246 e. The number of nitrogens with one attached hydrogen (secondary N) is 2. The van der Waals surface area contributed by atoms with Crippen molar-refractivity contribution in [2.24, 2.45) is 0 Å². The van der Waals surface area contributed by atoms with Gasteiger partial charge < -0.3 is 10.1 Å². The summed E-state index contributed by atoms with van der Waals surface area (Å²) in [5.74, 6) is 0.0229. The first-order chi connectivity index (χ1) is 8.76. The number of carbonyl (C=O) groups excluding carboxylic acids is 1. The highest BCUT2D eigenvalue weighted by molar-refractivity contribution is 6.02. The lowest BCUT2D eigenvalue weighted by Crippen LogP contribution is -2.30. The van der Waals surface area contributed by atoms with Gasteiger partial charge in [0.05, 0.1) is 6.61 Å². The smallest absolute Gasteiger partial charge is 0.246 e. The number of amides is 1. The van der Waals surface area contributed by atoms with Crippen LogP contribution < -0.4 is 10.6 Å². The molecule has 1 atom stereocenters. The first kappa shape index (κ1) is 13.1. The summed E-state index contributed by atoms with van der Waals surface area (Å²) >= 11 is 0. The van der Waals surface area contributed by atoms with E-state index in [4.69, 9.17) is 4.74 Å². The first-order valence-electron chi connectivity index (χ1n) is 6.51. The van der Waals surface area contributed by atoms with Gasteiger partial charge in [-0.05, 0) is 25.0 Å². The summed E-state index contributed by atoms with van der Waals surface area (Å²) in [4.78, 5) is 11.9. The molecule has 98 valence electrons. The topological polar surface area (TPSA) is 50.4 Å². The van der Waals surface area contributed by atoms with Gasteiger partial charge in [-0.1, -0.05) is 19.1 Å². The molecule has 1 aliphatic rings. The fourth-order valence-corrected chi connectivity index (χ4v) is 2.15. The minimum atomic E-state index is -0.244. The quantitative estimate of drug-likeness (QED) is 0.756. The maximum absolute atomic E-state index is 11.9. The third-order valence-electron chi connectivity index (χ3n) is 3.15. The summed E-state index contributed by atoms with van der Waals surface area (Å²) in [6, 6.07) is 5.90. The molecule has 0 radical (unpaired) electrons. The molecule has 1 heterocycles. The summed E-state index contributed by atoms with van der Waals surface area (Å²) < 4.78 is 5.27. The van der Waals surface area contributed by atoms with Crippen LogP contribution in [-0.2, 0) is 16.0 Å². The lowest BCUT2D eigenvalue weighted by molar-refractivity contribution is -0.117. The molecule has 1 aliphatic heterocycles. The number of hydrogen-bond donors (Lipinski definition) is 2. The van der Waals surface area contributed by atoms with Crippen LogP contribution in [0.5, 0.6) is 0 Å². The van der Waals surface area contributed by atoms with Crippen molar-refractivity contribution in [2.75, 3.05) is 25.1 Å². The third kappa shape index (κ3) is 2.71. The predicted octanol–water partition coefficient (Wildman–Crippen LogP) is 1.87. The van der Waals surface area contributed by atoms with Gasteiger partial charge in [-0.15, -0.1) is 0 Å². The van der Waals surface area contributed by atoms with Gasteiger partial charge in [0, 0.05) is 24.4 Å².